The molecular weight excluding hydrogens is 480 g/mol. The lowest BCUT2D eigenvalue weighted by atomic mass is 9.83. The molecule has 0 aliphatic rings. The summed E-state index contributed by atoms with van der Waals surface area (Å²) in [5, 5.41) is -4.30. The van der Waals surface area contributed by atoms with Gasteiger partial charge in [-0.2, -0.15) is 0 Å². The Labute approximate surface area is 263 Å². The third-order valence-corrected chi connectivity index (χ3v) is 6.62. The van der Waals surface area contributed by atoms with Gasteiger partial charge in [0.25, 0.3) is 0 Å². The van der Waals surface area contributed by atoms with Crippen molar-refractivity contribution in [2.75, 3.05) is 0 Å². The van der Waals surface area contributed by atoms with Gasteiger partial charge in [0.15, 0.2) is 0 Å². The fraction of sp³-hybridized carbons (Fsp3) is 0. The minimum absolute atomic E-state index is 0.211. The zero-order chi connectivity index (χ0) is 44.7. The van der Waals surface area contributed by atoms with Crippen LogP contribution < -0.4 is 0 Å². The number of rotatable bonds is 3. The summed E-state index contributed by atoms with van der Waals surface area (Å²) in [6, 6.07) is -8.86. The number of fused-ring (bicyclic) bond motifs is 4. The van der Waals surface area contributed by atoms with E-state index in [1.54, 1.807) is 18.2 Å². The van der Waals surface area contributed by atoms with E-state index in [-0.39, 0.29) is 11.1 Å². The van der Waals surface area contributed by atoms with Gasteiger partial charge in [0.05, 0.1) is 28.8 Å². The summed E-state index contributed by atoms with van der Waals surface area (Å²) in [6.07, 6.45) is 0. The summed E-state index contributed by atoms with van der Waals surface area (Å²) in [5.41, 5.74) is -2.31. The molecule has 0 nitrogen and oxygen atoms in total. The Morgan fingerprint density at radius 1 is 0.350 bits per heavy atom. The summed E-state index contributed by atoms with van der Waals surface area (Å²) < 4.78 is 189. The first-order valence-corrected chi connectivity index (χ1v) is 12.2. The van der Waals surface area contributed by atoms with Gasteiger partial charge in [0, 0.05) is 0 Å². The maximum atomic E-state index is 9.88. The molecule has 40 heavy (non-hydrogen) atoms. The Morgan fingerprint density at radius 2 is 0.975 bits per heavy atom. The van der Waals surface area contributed by atoms with Crippen LogP contribution in [-0.4, -0.2) is 0 Å². The van der Waals surface area contributed by atoms with Crippen molar-refractivity contribution < 1.29 is 28.8 Å². The summed E-state index contributed by atoms with van der Waals surface area (Å²) in [4.78, 5) is 0. The minimum Gasteiger partial charge on any atom is -0.0622 e. The lowest BCUT2D eigenvalue weighted by molar-refractivity contribution is 1.64. The quantitative estimate of drug-likeness (QED) is 0.200. The van der Waals surface area contributed by atoms with Crippen LogP contribution in [0.2, 0.25) is 0 Å². The van der Waals surface area contributed by atoms with Gasteiger partial charge in [-0.1, -0.05) is 145 Å². The van der Waals surface area contributed by atoms with E-state index in [1.165, 1.54) is 12.1 Å². The van der Waals surface area contributed by atoms with Crippen molar-refractivity contribution in [2.24, 2.45) is 0 Å². The molecule has 8 aromatic rings. The third-order valence-electron chi connectivity index (χ3n) is 6.62. The van der Waals surface area contributed by atoms with Gasteiger partial charge in [-0.05, 0) is 88.6 Å². The first-order valence-electron chi connectivity index (χ1n) is 22.7. The van der Waals surface area contributed by atoms with Gasteiger partial charge in [-0.25, -0.2) is 0 Å². The number of hydrogen-bond acceptors (Lipinski definition) is 0. The average Bonchev–Trinajstić information content (AvgIpc) is 3.24. The van der Waals surface area contributed by atoms with E-state index in [0.29, 0.717) is 0 Å². The van der Waals surface area contributed by atoms with Crippen molar-refractivity contribution >= 4 is 43.1 Å². The van der Waals surface area contributed by atoms with Crippen molar-refractivity contribution in [1.29, 1.82) is 0 Å². The topological polar surface area (TPSA) is 0 Å². The van der Waals surface area contributed by atoms with Crippen LogP contribution in [0, 0.1) is 0 Å². The highest BCUT2D eigenvalue weighted by Gasteiger charge is 2.19. The molecule has 0 saturated heterocycles. The normalized spacial score (nSPS) is 18.9. The van der Waals surface area contributed by atoms with Gasteiger partial charge in [-0.3, -0.25) is 0 Å². The second-order valence-electron chi connectivity index (χ2n) is 8.87. The van der Waals surface area contributed by atoms with E-state index < -0.39 is 192 Å². The molecule has 0 heteroatoms. The van der Waals surface area contributed by atoms with E-state index in [9.17, 15) is 11.0 Å². The standard InChI is InChI=1S/C40H26/c1-2-11-27(12-3-1)31-23-24-37-38(26-31)40(34-20-10-16-29-14-6-7-17-33(29)34)36-19-9-8-18-35(36)39(37)32-22-21-28-13-4-5-15-30(28)25-32/h1-26H/i4D,5D,6D,7D,8D,9D,10D,13D,14D,15D,16D,17D,18D,19D,20D,21D,22D,23D,24D,25D,26D. The molecule has 0 amide bonds. The molecule has 8 rings (SSSR count). The Balaban J connectivity index is 1.83. The molecule has 8 aromatic carbocycles. The third kappa shape index (κ3) is 3.61. The molecule has 186 valence electrons. The monoisotopic (exact) mass is 527 g/mol. The van der Waals surface area contributed by atoms with Crippen molar-refractivity contribution in [1.82, 2.24) is 0 Å². The van der Waals surface area contributed by atoms with Crippen LogP contribution in [0.15, 0.2) is 157 Å². The van der Waals surface area contributed by atoms with Crippen molar-refractivity contribution in [3.63, 3.8) is 0 Å². The zero-order valence-electron chi connectivity index (χ0n) is 41.4. The molecule has 0 saturated carbocycles. The molecule has 0 unspecified atom stereocenters. The van der Waals surface area contributed by atoms with Crippen LogP contribution in [0.25, 0.3) is 76.5 Å². The highest BCUT2D eigenvalue weighted by Crippen LogP contribution is 2.46. The number of hydrogen-bond donors (Lipinski definition) is 0. The molecule has 0 aliphatic carbocycles. The second kappa shape index (κ2) is 9.22. The van der Waals surface area contributed by atoms with E-state index in [2.05, 4.69) is 0 Å². The van der Waals surface area contributed by atoms with E-state index >= 15 is 0 Å². The fourth-order valence-corrected chi connectivity index (χ4v) is 4.87. The molecular formula is C40H26. The molecule has 0 spiro atoms. The Morgan fingerprint density at radius 3 is 1.80 bits per heavy atom. The highest BCUT2D eigenvalue weighted by atomic mass is 14.2. The lowest BCUT2D eigenvalue weighted by Gasteiger charge is -2.20. The first-order chi connectivity index (χ1) is 28.6. The minimum atomic E-state index is -0.888. The van der Waals surface area contributed by atoms with E-state index in [0.717, 1.165) is 0 Å². The van der Waals surface area contributed by atoms with Gasteiger partial charge >= 0.3 is 0 Å². The predicted octanol–water partition coefficient (Wildman–Crippen LogP) is 11.3. The van der Waals surface area contributed by atoms with Gasteiger partial charge in [0.2, 0.25) is 0 Å². The summed E-state index contributed by atoms with van der Waals surface area (Å²) in [6.45, 7) is 0. The average molecular weight is 528 g/mol. The van der Waals surface area contributed by atoms with E-state index in [1.807, 2.05) is 0 Å². The van der Waals surface area contributed by atoms with Crippen LogP contribution in [0.3, 0.4) is 0 Å². The predicted molar refractivity (Wildman–Crippen MR) is 173 cm³/mol. The first kappa shape index (κ1) is 10.1. The lowest BCUT2D eigenvalue weighted by Crippen LogP contribution is -1.92. The second-order valence-corrected chi connectivity index (χ2v) is 8.87. The summed E-state index contributed by atoms with van der Waals surface area (Å²) in [5.74, 6) is 0. The molecule has 0 N–H and O–H groups in total. The maximum absolute atomic E-state index is 9.88. The Bertz CT molecular complexity index is 3350. The molecule has 0 aromatic heterocycles. The smallest absolute Gasteiger partial charge is 0.0622 e. The molecule has 0 bridgehead atoms. The highest BCUT2D eigenvalue weighted by molar-refractivity contribution is 6.24. The van der Waals surface area contributed by atoms with Crippen molar-refractivity contribution in [3.8, 4) is 33.4 Å². The number of benzene rings is 8. The van der Waals surface area contributed by atoms with Crippen LogP contribution in [0.5, 0.6) is 0 Å². The van der Waals surface area contributed by atoms with Gasteiger partial charge in [-0.15, -0.1) is 0 Å². The van der Waals surface area contributed by atoms with Crippen molar-refractivity contribution in [3.05, 3.63) is 157 Å². The van der Waals surface area contributed by atoms with Crippen LogP contribution in [-0.2, 0) is 0 Å². The van der Waals surface area contributed by atoms with Crippen molar-refractivity contribution in [2.45, 2.75) is 0 Å². The molecule has 0 heterocycles. The van der Waals surface area contributed by atoms with Gasteiger partial charge < -0.3 is 0 Å². The largest absolute Gasteiger partial charge is 0.0636 e. The Hall–Kier alpha value is -5.20. The molecule has 0 atom stereocenters. The Kier molecular flexibility index (Phi) is 2.32. The van der Waals surface area contributed by atoms with Crippen LogP contribution in [0.4, 0.5) is 0 Å². The van der Waals surface area contributed by atoms with E-state index in [4.69, 9.17) is 17.8 Å². The van der Waals surface area contributed by atoms with Gasteiger partial charge in [0.1, 0.15) is 0 Å². The zero-order valence-corrected chi connectivity index (χ0v) is 20.4. The maximum Gasteiger partial charge on any atom is 0.0636 e. The molecule has 0 radical (unpaired) electrons. The SMILES string of the molecule is [2H]c1c([2H])c([2H])c2c([2H])c(-c3c4c([2H])c([2H])c([2H])c([2H])c4c(-c4c([2H])c([2H])c([2H])c5c([2H])c([2H])c([2H])c([2H])c45)c4c([2H])c(-c5ccccc5)c([2H])c([2H])c34)c([2H])c([2H])c2c1[2H]. The molecule has 0 aliphatic heterocycles. The fourth-order valence-electron chi connectivity index (χ4n) is 4.87. The molecule has 0 fully saturated rings. The van der Waals surface area contributed by atoms with Crippen LogP contribution in [0.1, 0.15) is 28.8 Å². The van der Waals surface area contributed by atoms with Crippen LogP contribution >= 0.6 is 0 Å². The summed E-state index contributed by atoms with van der Waals surface area (Å²) in [7, 11) is 0. The summed E-state index contributed by atoms with van der Waals surface area (Å²) >= 11 is 0.